The number of nitrogens with zero attached hydrogens (tertiary/aromatic N) is 2. The number of amides is 1. The second kappa shape index (κ2) is 13.4. The Morgan fingerprint density at radius 2 is 1.83 bits per heavy atom. The highest BCUT2D eigenvalue weighted by molar-refractivity contribution is 14.0. The zero-order valence-corrected chi connectivity index (χ0v) is 20.6. The summed E-state index contributed by atoms with van der Waals surface area (Å²) in [6.07, 6.45) is 3.37. The van der Waals surface area contributed by atoms with Crippen molar-refractivity contribution in [2.45, 2.75) is 25.4 Å². The van der Waals surface area contributed by atoms with Crippen LogP contribution in [0.2, 0.25) is 0 Å². The first kappa shape index (κ1) is 26.1. The molecule has 2 N–H and O–H groups in total. The maximum absolute atomic E-state index is 12.0. The fourth-order valence-electron chi connectivity index (χ4n) is 2.90. The molecule has 0 bridgehead atoms. The highest BCUT2D eigenvalue weighted by Gasteiger charge is 2.17. The van der Waals surface area contributed by atoms with Crippen LogP contribution in [0.3, 0.4) is 0 Å². The second-order valence-electron chi connectivity index (χ2n) is 6.86. The number of nitrogens with one attached hydrogen (secondary N) is 2. The van der Waals surface area contributed by atoms with E-state index in [-0.39, 0.29) is 42.5 Å². The van der Waals surface area contributed by atoms with Crippen LogP contribution in [0.15, 0.2) is 17.1 Å². The molecule has 1 atom stereocenters. The normalized spacial score (nSPS) is 16.2. The summed E-state index contributed by atoms with van der Waals surface area (Å²) in [6, 6.07) is 3.56. The summed E-state index contributed by atoms with van der Waals surface area (Å²) in [4.78, 5) is 17.9. The minimum Gasteiger partial charge on any atom is -0.493 e. The van der Waals surface area contributed by atoms with E-state index in [4.69, 9.17) is 18.9 Å². The Kier molecular flexibility index (Phi) is 11.6. The summed E-state index contributed by atoms with van der Waals surface area (Å²) >= 11 is 0. The standard InChI is InChI=1S/C20H32N4O5.HI/c1-24(2)18(25)13-22-20(21-12-15-8-6-7-9-29-15)23-14-10-16(26-3)19(28-5)17(11-14)27-4;/h10-11,15H,6-9,12-13H2,1-5H3,(H2,21,22,23);1H. The van der Waals surface area contributed by atoms with Crippen molar-refractivity contribution in [2.75, 3.05) is 60.4 Å². The maximum Gasteiger partial charge on any atom is 0.243 e. The lowest BCUT2D eigenvalue weighted by Crippen LogP contribution is -2.39. The van der Waals surface area contributed by atoms with E-state index in [1.807, 2.05) is 0 Å². The van der Waals surface area contributed by atoms with Crippen LogP contribution < -0.4 is 24.8 Å². The van der Waals surface area contributed by atoms with Gasteiger partial charge < -0.3 is 34.5 Å². The molecule has 1 amide bonds. The first-order valence-electron chi connectivity index (χ1n) is 9.65. The molecular weight excluding hydrogens is 503 g/mol. The van der Waals surface area contributed by atoms with Gasteiger partial charge in [-0.2, -0.15) is 0 Å². The van der Waals surface area contributed by atoms with Crippen molar-refractivity contribution in [3.05, 3.63) is 12.1 Å². The Morgan fingerprint density at radius 3 is 2.33 bits per heavy atom. The number of carbonyl (C=O) groups excluding carboxylic acids is 1. The molecule has 1 aliphatic rings. The monoisotopic (exact) mass is 536 g/mol. The fraction of sp³-hybridized carbons (Fsp3) is 0.600. The van der Waals surface area contributed by atoms with Gasteiger partial charge in [0, 0.05) is 45.1 Å². The van der Waals surface area contributed by atoms with E-state index >= 15 is 0 Å². The summed E-state index contributed by atoms with van der Waals surface area (Å²) in [7, 11) is 8.08. The van der Waals surface area contributed by atoms with Gasteiger partial charge in [-0.3, -0.25) is 4.79 Å². The number of halogens is 1. The zero-order valence-electron chi connectivity index (χ0n) is 18.3. The molecule has 1 aliphatic heterocycles. The molecule has 1 aromatic rings. The molecular formula is C20H33IN4O5. The van der Waals surface area contributed by atoms with E-state index in [0.29, 0.717) is 35.4 Å². The number of ether oxygens (including phenoxy) is 4. The van der Waals surface area contributed by atoms with Gasteiger partial charge in [0.2, 0.25) is 11.7 Å². The van der Waals surface area contributed by atoms with Gasteiger partial charge in [0.15, 0.2) is 17.5 Å². The number of methoxy groups -OCH3 is 3. The van der Waals surface area contributed by atoms with Crippen molar-refractivity contribution < 1.29 is 23.7 Å². The van der Waals surface area contributed by atoms with Gasteiger partial charge in [-0.05, 0) is 19.3 Å². The smallest absolute Gasteiger partial charge is 0.243 e. The SMILES string of the molecule is COc1cc(NC(=NCC(=O)N(C)C)NCC2CCCCO2)cc(OC)c1OC.I. The zero-order chi connectivity index (χ0) is 21.2. The molecule has 1 heterocycles. The molecule has 10 heteroatoms. The van der Waals surface area contributed by atoms with E-state index in [2.05, 4.69) is 15.6 Å². The quantitative estimate of drug-likeness (QED) is 0.299. The van der Waals surface area contributed by atoms with Crippen molar-refractivity contribution in [2.24, 2.45) is 4.99 Å². The number of rotatable bonds is 8. The molecule has 1 unspecified atom stereocenters. The van der Waals surface area contributed by atoms with Gasteiger partial charge in [0.05, 0.1) is 27.4 Å². The minimum atomic E-state index is -0.0927. The third-order valence-electron chi connectivity index (χ3n) is 4.57. The van der Waals surface area contributed by atoms with Crippen molar-refractivity contribution in [3.8, 4) is 17.2 Å². The summed E-state index contributed by atoms with van der Waals surface area (Å²) in [5.74, 6) is 1.93. The van der Waals surface area contributed by atoms with E-state index < -0.39 is 0 Å². The number of benzene rings is 1. The van der Waals surface area contributed by atoms with Crippen LogP contribution in [0.1, 0.15) is 19.3 Å². The van der Waals surface area contributed by atoms with Crippen LogP contribution >= 0.6 is 24.0 Å². The summed E-state index contributed by atoms with van der Waals surface area (Å²) < 4.78 is 21.9. The summed E-state index contributed by atoms with van der Waals surface area (Å²) in [6.45, 7) is 1.41. The van der Waals surface area contributed by atoms with Crippen LogP contribution in [-0.4, -0.2) is 78.0 Å². The number of likely N-dealkylation sites (N-methyl/N-ethyl adjacent to an activating group) is 1. The minimum absolute atomic E-state index is 0. The van der Waals surface area contributed by atoms with Gasteiger partial charge >= 0.3 is 0 Å². The molecule has 2 rings (SSSR count). The Bertz CT molecular complexity index is 683. The third-order valence-corrected chi connectivity index (χ3v) is 4.57. The van der Waals surface area contributed by atoms with Gasteiger partial charge in [-0.1, -0.05) is 0 Å². The highest BCUT2D eigenvalue weighted by atomic mass is 127. The van der Waals surface area contributed by atoms with Crippen LogP contribution in [0, 0.1) is 0 Å². The Hall–Kier alpha value is -1.95. The van der Waals surface area contributed by atoms with Crippen LogP contribution in [0.5, 0.6) is 17.2 Å². The van der Waals surface area contributed by atoms with Crippen molar-refractivity contribution in [3.63, 3.8) is 0 Å². The van der Waals surface area contributed by atoms with Crippen molar-refractivity contribution in [1.82, 2.24) is 10.2 Å². The predicted molar refractivity (Wildman–Crippen MR) is 128 cm³/mol. The Morgan fingerprint density at radius 1 is 1.17 bits per heavy atom. The molecule has 0 aliphatic carbocycles. The first-order chi connectivity index (χ1) is 14.0. The van der Waals surface area contributed by atoms with E-state index in [9.17, 15) is 4.79 Å². The average Bonchev–Trinajstić information content (AvgIpc) is 2.75. The summed E-state index contributed by atoms with van der Waals surface area (Å²) in [5, 5.41) is 6.48. The summed E-state index contributed by atoms with van der Waals surface area (Å²) in [5.41, 5.74) is 0.688. The molecule has 9 nitrogen and oxygen atoms in total. The van der Waals surface area contributed by atoms with E-state index in [1.165, 1.54) is 4.90 Å². The lowest BCUT2D eigenvalue weighted by Gasteiger charge is -2.24. The van der Waals surface area contributed by atoms with E-state index in [1.54, 1.807) is 47.6 Å². The van der Waals surface area contributed by atoms with Gasteiger partial charge in [-0.25, -0.2) is 4.99 Å². The second-order valence-corrected chi connectivity index (χ2v) is 6.86. The lowest BCUT2D eigenvalue weighted by molar-refractivity contribution is -0.127. The third kappa shape index (κ3) is 7.71. The molecule has 30 heavy (non-hydrogen) atoms. The van der Waals surface area contributed by atoms with Gasteiger partial charge in [0.1, 0.15) is 6.54 Å². The number of guanidine groups is 1. The number of carbonyl (C=O) groups is 1. The number of hydrogen-bond acceptors (Lipinski definition) is 6. The Balaban J connectivity index is 0.00000450. The number of hydrogen-bond donors (Lipinski definition) is 2. The first-order valence-corrected chi connectivity index (χ1v) is 9.65. The van der Waals surface area contributed by atoms with E-state index in [0.717, 1.165) is 25.9 Å². The molecule has 0 saturated carbocycles. The van der Waals surface area contributed by atoms with Crippen molar-refractivity contribution >= 4 is 41.5 Å². The fourth-order valence-corrected chi connectivity index (χ4v) is 2.90. The molecule has 1 saturated heterocycles. The topological polar surface area (TPSA) is 93.7 Å². The number of aliphatic imine (C=N–C) groups is 1. The molecule has 0 aromatic heterocycles. The van der Waals surface area contributed by atoms with Gasteiger partial charge in [-0.15, -0.1) is 24.0 Å². The van der Waals surface area contributed by atoms with Crippen molar-refractivity contribution in [1.29, 1.82) is 0 Å². The van der Waals surface area contributed by atoms with Crippen LogP contribution in [0.4, 0.5) is 5.69 Å². The van der Waals surface area contributed by atoms with Crippen LogP contribution in [-0.2, 0) is 9.53 Å². The largest absolute Gasteiger partial charge is 0.493 e. The molecule has 1 fully saturated rings. The predicted octanol–water partition coefficient (Wildman–Crippen LogP) is 2.35. The average molecular weight is 536 g/mol. The molecule has 0 radical (unpaired) electrons. The lowest BCUT2D eigenvalue weighted by atomic mass is 10.1. The molecule has 0 spiro atoms. The molecule has 170 valence electrons. The number of anilines is 1. The highest BCUT2D eigenvalue weighted by Crippen LogP contribution is 2.39. The van der Waals surface area contributed by atoms with Gasteiger partial charge in [0.25, 0.3) is 0 Å². The molecule has 1 aromatic carbocycles. The van der Waals surface area contributed by atoms with Crippen LogP contribution in [0.25, 0.3) is 0 Å². The maximum atomic E-state index is 12.0. The Labute approximate surface area is 195 Å².